The molecule has 1 amide bonds. The highest BCUT2D eigenvalue weighted by atomic mass is 16.6. The van der Waals surface area contributed by atoms with Crippen LogP contribution < -0.4 is 4.74 Å². The van der Waals surface area contributed by atoms with E-state index in [0.717, 1.165) is 41.0 Å². The Hall–Kier alpha value is -3.95. The summed E-state index contributed by atoms with van der Waals surface area (Å²) in [6, 6.07) is 9.86. The molecule has 0 aliphatic carbocycles. The van der Waals surface area contributed by atoms with Gasteiger partial charge in [-0.1, -0.05) is 11.3 Å². The first kappa shape index (κ1) is 24.7. The van der Waals surface area contributed by atoms with Gasteiger partial charge in [-0.3, -0.25) is 4.98 Å². The van der Waals surface area contributed by atoms with Gasteiger partial charge in [-0.15, -0.1) is 5.10 Å². The quantitative estimate of drug-likeness (QED) is 0.377. The second kappa shape index (κ2) is 9.84. The SMILES string of the molecule is Cc1c(-c2cc(O[C@H](C)c3ccccn3)c3ccnn3c2)nnn1C1CCN(C(=O)OC(C)(C)C)CC1. The largest absolute Gasteiger partial charge is 0.482 e. The lowest BCUT2D eigenvalue weighted by atomic mass is 10.0. The zero-order chi connectivity index (χ0) is 26.2. The number of hydrogen-bond acceptors (Lipinski definition) is 7. The van der Waals surface area contributed by atoms with Gasteiger partial charge in [0.15, 0.2) is 0 Å². The summed E-state index contributed by atoms with van der Waals surface area (Å²) in [7, 11) is 0. The third-order valence-corrected chi connectivity index (χ3v) is 6.54. The third-order valence-electron chi connectivity index (χ3n) is 6.54. The van der Waals surface area contributed by atoms with Crippen molar-refractivity contribution >= 4 is 11.6 Å². The van der Waals surface area contributed by atoms with Crippen molar-refractivity contribution in [1.29, 1.82) is 0 Å². The Bertz CT molecular complexity index is 1380. The predicted molar refractivity (Wildman–Crippen MR) is 138 cm³/mol. The van der Waals surface area contributed by atoms with Gasteiger partial charge in [0.05, 0.1) is 23.6 Å². The molecule has 1 fully saturated rings. The van der Waals surface area contributed by atoms with E-state index in [1.165, 1.54) is 0 Å². The van der Waals surface area contributed by atoms with E-state index in [4.69, 9.17) is 9.47 Å². The van der Waals surface area contributed by atoms with Crippen LogP contribution in [0.5, 0.6) is 5.75 Å². The molecule has 1 saturated heterocycles. The number of aromatic nitrogens is 6. The number of hydrogen-bond donors (Lipinski definition) is 0. The molecule has 0 N–H and O–H groups in total. The normalized spacial score (nSPS) is 15.6. The van der Waals surface area contributed by atoms with Gasteiger partial charge >= 0.3 is 6.09 Å². The minimum absolute atomic E-state index is 0.160. The Kier molecular flexibility index (Phi) is 6.57. The fourth-order valence-corrected chi connectivity index (χ4v) is 4.66. The fourth-order valence-electron chi connectivity index (χ4n) is 4.66. The molecule has 1 atom stereocenters. The van der Waals surface area contributed by atoms with E-state index in [0.29, 0.717) is 18.8 Å². The zero-order valence-electron chi connectivity index (χ0n) is 22.0. The Balaban J connectivity index is 1.36. The van der Waals surface area contributed by atoms with E-state index in [1.807, 2.05) is 75.8 Å². The van der Waals surface area contributed by atoms with Crippen LogP contribution in [0.2, 0.25) is 0 Å². The maximum Gasteiger partial charge on any atom is 0.410 e. The van der Waals surface area contributed by atoms with Crippen LogP contribution in [0.25, 0.3) is 16.8 Å². The van der Waals surface area contributed by atoms with Gasteiger partial charge in [-0.2, -0.15) is 5.10 Å². The van der Waals surface area contributed by atoms with Crippen molar-refractivity contribution in [3.8, 4) is 17.0 Å². The monoisotopic (exact) mass is 503 g/mol. The summed E-state index contributed by atoms with van der Waals surface area (Å²) in [4.78, 5) is 18.6. The molecule has 1 aliphatic rings. The zero-order valence-corrected chi connectivity index (χ0v) is 22.0. The van der Waals surface area contributed by atoms with Crippen LogP contribution >= 0.6 is 0 Å². The maximum atomic E-state index is 12.4. The highest BCUT2D eigenvalue weighted by Crippen LogP contribution is 2.33. The molecule has 5 heterocycles. The molecule has 0 aromatic carbocycles. The molecule has 0 bridgehead atoms. The van der Waals surface area contributed by atoms with Gasteiger partial charge in [0, 0.05) is 31.0 Å². The molecule has 4 aromatic heterocycles. The van der Waals surface area contributed by atoms with Crippen LogP contribution in [0.3, 0.4) is 0 Å². The highest BCUT2D eigenvalue weighted by molar-refractivity contribution is 5.70. The first-order valence-corrected chi connectivity index (χ1v) is 12.6. The van der Waals surface area contributed by atoms with Gasteiger partial charge < -0.3 is 14.4 Å². The number of nitrogens with zero attached hydrogens (tertiary/aromatic N) is 7. The van der Waals surface area contributed by atoms with Gasteiger partial charge in [0.25, 0.3) is 0 Å². The molecule has 0 unspecified atom stereocenters. The highest BCUT2D eigenvalue weighted by Gasteiger charge is 2.29. The number of carbonyl (C=O) groups excluding carboxylic acids is 1. The van der Waals surface area contributed by atoms with Crippen LogP contribution in [-0.2, 0) is 4.74 Å². The first-order valence-electron chi connectivity index (χ1n) is 12.6. The van der Waals surface area contributed by atoms with E-state index >= 15 is 0 Å². The van der Waals surface area contributed by atoms with E-state index in [-0.39, 0.29) is 18.2 Å². The Morgan fingerprint density at radius 1 is 1.14 bits per heavy atom. The molecule has 5 rings (SSSR count). The summed E-state index contributed by atoms with van der Waals surface area (Å²) in [5.41, 5.74) is 3.83. The van der Waals surface area contributed by atoms with Crippen molar-refractivity contribution < 1.29 is 14.3 Å². The van der Waals surface area contributed by atoms with E-state index in [9.17, 15) is 4.79 Å². The number of likely N-dealkylation sites (tertiary alicyclic amines) is 1. The molecular weight excluding hydrogens is 470 g/mol. The number of pyridine rings is 2. The van der Waals surface area contributed by atoms with Crippen LogP contribution in [0, 0.1) is 6.92 Å². The van der Waals surface area contributed by atoms with Gasteiger partial charge in [0.2, 0.25) is 0 Å². The van der Waals surface area contributed by atoms with Crippen LogP contribution in [-0.4, -0.2) is 59.3 Å². The lowest BCUT2D eigenvalue weighted by Gasteiger charge is -2.33. The molecule has 1 aliphatic heterocycles. The Morgan fingerprint density at radius 3 is 2.62 bits per heavy atom. The number of rotatable bonds is 5. The van der Waals surface area contributed by atoms with Crippen LogP contribution in [0.4, 0.5) is 4.79 Å². The summed E-state index contributed by atoms with van der Waals surface area (Å²) >= 11 is 0. The summed E-state index contributed by atoms with van der Waals surface area (Å²) in [5.74, 6) is 0.702. The second-order valence-corrected chi connectivity index (χ2v) is 10.4. The van der Waals surface area contributed by atoms with E-state index < -0.39 is 5.60 Å². The Morgan fingerprint density at radius 2 is 1.92 bits per heavy atom. The molecule has 194 valence electrons. The van der Waals surface area contributed by atoms with Crippen molar-refractivity contribution in [2.75, 3.05) is 13.1 Å². The van der Waals surface area contributed by atoms with Crippen molar-refractivity contribution in [3.63, 3.8) is 0 Å². The fraction of sp³-hybridized carbons (Fsp3) is 0.444. The molecule has 0 spiro atoms. The summed E-state index contributed by atoms with van der Waals surface area (Å²) in [6.45, 7) is 10.9. The average molecular weight is 504 g/mol. The minimum Gasteiger partial charge on any atom is -0.482 e. The van der Waals surface area contributed by atoms with E-state index in [1.54, 1.807) is 21.8 Å². The summed E-state index contributed by atoms with van der Waals surface area (Å²) < 4.78 is 15.6. The van der Waals surface area contributed by atoms with Gasteiger partial charge in [0.1, 0.15) is 28.7 Å². The molecule has 4 aromatic rings. The smallest absolute Gasteiger partial charge is 0.410 e. The van der Waals surface area contributed by atoms with Crippen LogP contribution in [0.15, 0.2) is 48.9 Å². The molecular formula is C27H33N7O3. The molecule has 10 nitrogen and oxygen atoms in total. The number of ether oxygens (including phenoxy) is 2. The minimum atomic E-state index is -0.501. The average Bonchev–Trinajstić information content (AvgIpc) is 3.50. The first-order chi connectivity index (χ1) is 17.7. The van der Waals surface area contributed by atoms with Crippen molar-refractivity contribution in [3.05, 3.63) is 60.3 Å². The molecule has 37 heavy (non-hydrogen) atoms. The molecule has 0 radical (unpaired) electrons. The second-order valence-electron chi connectivity index (χ2n) is 10.4. The van der Waals surface area contributed by atoms with Crippen molar-refractivity contribution in [1.82, 2.24) is 34.5 Å². The van der Waals surface area contributed by atoms with Crippen molar-refractivity contribution in [2.45, 2.75) is 65.2 Å². The summed E-state index contributed by atoms with van der Waals surface area (Å²) in [5, 5.41) is 13.5. The number of amides is 1. The maximum absolute atomic E-state index is 12.4. The molecule has 0 saturated carbocycles. The number of piperidine rings is 1. The van der Waals surface area contributed by atoms with E-state index in [2.05, 4.69) is 20.4 Å². The van der Waals surface area contributed by atoms with Gasteiger partial charge in [-0.25, -0.2) is 14.0 Å². The standard InChI is InChI=1S/C27H33N7O3/c1-18-25(30-31-34(18)21-10-14-32(15-11-21)26(35)37-27(3,4)5)20-16-24(23-9-13-29-33(23)17-20)36-19(2)22-8-6-7-12-28-22/h6-9,12-13,16-17,19,21H,10-11,14-15H2,1-5H3/t19-/m1/s1. The lowest BCUT2D eigenvalue weighted by molar-refractivity contribution is 0.0184. The lowest BCUT2D eigenvalue weighted by Crippen LogP contribution is -2.42. The Labute approximate surface area is 216 Å². The third kappa shape index (κ3) is 5.28. The topological polar surface area (TPSA) is 99.7 Å². The number of fused-ring (bicyclic) bond motifs is 1. The van der Waals surface area contributed by atoms with Gasteiger partial charge in [-0.05, 0) is 71.7 Å². The molecule has 10 heteroatoms. The predicted octanol–water partition coefficient (Wildman–Crippen LogP) is 5.01. The summed E-state index contributed by atoms with van der Waals surface area (Å²) in [6.07, 6.45) is 6.54. The van der Waals surface area contributed by atoms with Crippen molar-refractivity contribution in [2.24, 2.45) is 0 Å². The van der Waals surface area contributed by atoms with Crippen LogP contribution in [0.1, 0.15) is 64.1 Å². The number of carbonyl (C=O) groups is 1.